The second kappa shape index (κ2) is 3.88. The van der Waals surface area contributed by atoms with Crippen molar-refractivity contribution in [3.8, 4) is 0 Å². The van der Waals surface area contributed by atoms with Crippen LogP contribution in [-0.4, -0.2) is 5.33 Å². The number of halogens is 2. The Bertz CT molecular complexity index is 207. The third-order valence-electron chi connectivity index (χ3n) is 1.31. The average Bonchev–Trinajstić information content (AvgIpc) is 2.34. The second-order valence-corrected chi connectivity index (χ2v) is 5.34. The van der Waals surface area contributed by atoms with Gasteiger partial charge in [-0.1, -0.05) is 22.9 Å². The third kappa shape index (κ3) is 2.07. The molecule has 0 fully saturated rings. The molecule has 0 aliphatic rings. The van der Waals surface area contributed by atoms with Crippen LogP contribution in [0, 0.1) is 0 Å². The van der Waals surface area contributed by atoms with Gasteiger partial charge in [-0.25, -0.2) is 0 Å². The molecular weight excluding hydrogens is 276 g/mol. The van der Waals surface area contributed by atoms with Gasteiger partial charge < -0.3 is 0 Å². The Morgan fingerprint density at radius 2 is 2.30 bits per heavy atom. The molecule has 1 rings (SSSR count). The topological polar surface area (TPSA) is 0 Å². The molecule has 0 radical (unpaired) electrons. The zero-order valence-corrected chi connectivity index (χ0v) is 9.59. The molecule has 0 aliphatic carbocycles. The first-order valence-corrected chi connectivity index (χ1v) is 5.78. The first kappa shape index (κ1) is 8.75. The molecule has 10 heavy (non-hydrogen) atoms. The lowest BCUT2D eigenvalue weighted by atomic mass is 10.2. The standard InChI is InChI=1S/C7H8Br2S/c1-5(4-8)6-2-3-7(9)10-6/h2-3,5H,4H2,1H3. The summed E-state index contributed by atoms with van der Waals surface area (Å²) in [6, 6.07) is 4.26. The van der Waals surface area contributed by atoms with Crippen LogP contribution in [0.1, 0.15) is 17.7 Å². The molecule has 0 amide bonds. The van der Waals surface area contributed by atoms with E-state index in [2.05, 4.69) is 50.9 Å². The Morgan fingerprint density at radius 3 is 2.70 bits per heavy atom. The summed E-state index contributed by atoms with van der Waals surface area (Å²) in [6.07, 6.45) is 0. The summed E-state index contributed by atoms with van der Waals surface area (Å²) in [5, 5.41) is 1.04. The molecular formula is C7H8Br2S. The fourth-order valence-corrected chi connectivity index (χ4v) is 2.71. The van der Waals surface area contributed by atoms with Crippen molar-refractivity contribution in [2.45, 2.75) is 12.8 Å². The molecule has 0 aromatic carbocycles. The van der Waals surface area contributed by atoms with Gasteiger partial charge in [-0.05, 0) is 28.1 Å². The molecule has 1 heterocycles. The highest BCUT2D eigenvalue weighted by molar-refractivity contribution is 9.11. The van der Waals surface area contributed by atoms with E-state index >= 15 is 0 Å². The lowest BCUT2D eigenvalue weighted by Crippen LogP contribution is -1.88. The van der Waals surface area contributed by atoms with Crippen molar-refractivity contribution >= 4 is 43.2 Å². The predicted molar refractivity (Wildman–Crippen MR) is 54.2 cm³/mol. The zero-order valence-electron chi connectivity index (χ0n) is 5.60. The van der Waals surface area contributed by atoms with Gasteiger partial charge in [0, 0.05) is 16.1 Å². The van der Waals surface area contributed by atoms with E-state index in [0.717, 1.165) is 5.33 Å². The van der Waals surface area contributed by atoms with Gasteiger partial charge in [-0.15, -0.1) is 11.3 Å². The van der Waals surface area contributed by atoms with Gasteiger partial charge in [0.2, 0.25) is 0 Å². The molecule has 3 heteroatoms. The Morgan fingerprint density at radius 1 is 1.60 bits per heavy atom. The van der Waals surface area contributed by atoms with Crippen molar-refractivity contribution < 1.29 is 0 Å². The van der Waals surface area contributed by atoms with E-state index in [1.165, 1.54) is 8.66 Å². The minimum absolute atomic E-state index is 0.635. The van der Waals surface area contributed by atoms with Crippen LogP contribution < -0.4 is 0 Å². The number of hydrogen-bond donors (Lipinski definition) is 0. The summed E-state index contributed by atoms with van der Waals surface area (Å²) in [5.41, 5.74) is 0. The van der Waals surface area contributed by atoms with E-state index in [4.69, 9.17) is 0 Å². The van der Waals surface area contributed by atoms with Crippen LogP contribution in [0.15, 0.2) is 15.9 Å². The molecule has 1 aromatic heterocycles. The molecule has 0 N–H and O–H groups in total. The first-order chi connectivity index (χ1) is 4.74. The van der Waals surface area contributed by atoms with E-state index in [9.17, 15) is 0 Å². The molecule has 56 valence electrons. The Labute approximate surface area is 81.9 Å². The van der Waals surface area contributed by atoms with Crippen molar-refractivity contribution in [3.05, 3.63) is 20.8 Å². The zero-order chi connectivity index (χ0) is 7.56. The summed E-state index contributed by atoms with van der Waals surface area (Å²) in [5.74, 6) is 0.635. The maximum absolute atomic E-state index is 3.45. The highest BCUT2D eigenvalue weighted by Crippen LogP contribution is 2.28. The van der Waals surface area contributed by atoms with E-state index in [1.807, 2.05) is 11.3 Å². The van der Waals surface area contributed by atoms with Crippen molar-refractivity contribution in [2.24, 2.45) is 0 Å². The van der Waals surface area contributed by atoms with Gasteiger partial charge in [0.05, 0.1) is 3.79 Å². The molecule has 0 saturated carbocycles. The van der Waals surface area contributed by atoms with Crippen molar-refractivity contribution in [2.75, 3.05) is 5.33 Å². The normalized spacial score (nSPS) is 13.5. The van der Waals surface area contributed by atoms with Gasteiger partial charge in [-0.2, -0.15) is 0 Å². The van der Waals surface area contributed by atoms with Crippen LogP contribution in [0.25, 0.3) is 0 Å². The van der Waals surface area contributed by atoms with Crippen molar-refractivity contribution in [3.63, 3.8) is 0 Å². The van der Waals surface area contributed by atoms with Gasteiger partial charge in [0.15, 0.2) is 0 Å². The van der Waals surface area contributed by atoms with Crippen molar-refractivity contribution in [1.82, 2.24) is 0 Å². The molecule has 0 spiro atoms. The fraction of sp³-hybridized carbons (Fsp3) is 0.429. The van der Waals surface area contributed by atoms with Crippen LogP contribution in [0.4, 0.5) is 0 Å². The lowest BCUT2D eigenvalue weighted by molar-refractivity contribution is 0.912. The summed E-state index contributed by atoms with van der Waals surface area (Å²) in [4.78, 5) is 1.43. The third-order valence-corrected chi connectivity index (χ3v) is 4.14. The minimum atomic E-state index is 0.635. The van der Waals surface area contributed by atoms with E-state index < -0.39 is 0 Å². The smallest absolute Gasteiger partial charge is 0.0701 e. The Balaban J connectivity index is 2.74. The lowest BCUT2D eigenvalue weighted by Gasteiger charge is -2.01. The van der Waals surface area contributed by atoms with Crippen LogP contribution in [0.3, 0.4) is 0 Å². The molecule has 1 atom stereocenters. The van der Waals surface area contributed by atoms with Crippen LogP contribution in [0.2, 0.25) is 0 Å². The second-order valence-electron chi connectivity index (χ2n) is 2.20. The summed E-state index contributed by atoms with van der Waals surface area (Å²) < 4.78 is 1.22. The molecule has 0 bridgehead atoms. The SMILES string of the molecule is CC(CBr)c1ccc(Br)s1. The van der Waals surface area contributed by atoms with Gasteiger partial charge >= 0.3 is 0 Å². The number of rotatable bonds is 2. The van der Waals surface area contributed by atoms with Crippen molar-refractivity contribution in [1.29, 1.82) is 0 Å². The molecule has 1 unspecified atom stereocenters. The highest BCUT2D eigenvalue weighted by atomic mass is 79.9. The molecule has 0 aliphatic heterocycles. The Hall–Kier alpha value is 0.660. The van der Waals surface area contributed by atoms with Gasteiger partial charge in [0.25, 0.3) is 0 Å². The fourth-order valence-electron chi connectivity index (χ4n) is 0.669. The number of alkyl halides is 1. The number of hydrogen-bond acceptors (Lipinski definition) is 1. The predicted octanol–water partition coefficient (Wildman–Crippen LogP) is 4.01. The highest BCUT2D eigenvalue weighted by Gasteiger charge is 2.04. The van der Waals surface area contributed by atoms with Gasteiger partial charge in [0.1, 0.15) is 0 Å². The maximum Gasteiger partial charge on any atom is 0.0701 e. The summed E-state index contributed by atoms with van der Waals surface area (Å²) >= 11 is 8.69. The van der Waals surface area contributed by atoms with E-state index in [-0.39, 0.29) is 0 Å². The monoisotopic (exact) mass is 282 g/mol. The average molecular weight is 284 g/mol. The largest absolute Gasteiger partial charge is 0.133 e. The summed E-state index contributed by atoms with van der Waals surface area (Å²) in [6.45, 7) is 2.22. The van der Waals surface area contributed by atoms with Crippen LogP contribution >= 0.6 is 43.2 Å². The molecule has 1 aromatic rings. The van der Waals surface area contributed by atoms with E-state index in [0.29, 0.717) is 5.92 Å². The van der Waals surface area contributed by atoms with Gasteiger partial charge in [-0.3, -0.25) is 0 Å². The van der Waals surface area contributed by atoms with Crippen LogP contribution in [-0.2, 0) is 0 Å². The first-order valence-electron chi connectivity index (χ1n) is 3.05. The maximum atomic E-state index is 3.45. The summed E-state index contributed by atoms with van der Waals surface area (Å²) in [7, 11) is 0. The minimum Gasteiger partial charge on any atom is -0.133 e. The quantitative estimate of drug-likeness (QED) is 0.720. The van der Waals surface area contributed by atoms with E-state index in [1.54, 1.807) is 0 Å². The number of thiophene rings is 1. The molecule has 0 saturated heterocycles. The molecule has 0 nitrogen and oxygen atoms in total. The Kier molecular flexibility index (Phi) is 3.40. The van der Waals surface area contributed by atoms with Crippen LogP contribution in [0.5, 0.6) is 0 Å².